The zero-order valence-corrected chi connectivity index (χ0v) is 20.3. The second kappa shape index (κ2) is 7.79. The quantitative estimate of drug-likeness (QED) is 0.399. The number of ether oxygens (including phenoxy) is 1. The highest BCUT2D eigenvalue weighted by atomic mass is 16.5. The van der Waals surface area contributed by atoms with Crippen molar-refractivity contribution < 1.29 is 19.1 Å². The van der Waals surface area contributed by atoms with Crippen LogP contribution in [-0.2, 0) is 16.1 Å². The summed E-state index contributed by atoms with van der Waals surface area (Å²) in [7, 11) is 0. The van der Waals surface area contributed by atoms with Crippen LogP contribution in [-0.4, -0.2) is 47.4 Å². The molecule has 5 fully saturated rings. The van der Waals surface area contributed by atoms with E-state index in [1.807, 2.05) is 12.1 Å². The van der Waals surface area contributed by atoms with Crippen molar-refractivity contribution in [2.45, 2.75) is 82.3 Å². The van der Waals surface area contributed by atoms with Crippen molar-refractivity contribution in [1.29, 1.82) is 0 Å². The van der Waals surface area contributed by atoms with Crippen molar-refractivity contribution in [3.63, 3.8) is 0 Å². The molecule has 3 unspecified atom stereocenters. The van der Waals surface area contributed by atoms with Crippen LogP contribution < -0.4 is 15.4 Å². The van der Waals surface area contributed by atoms with Crippen LogP contribution in [0.5, 0.6) is 5.75 Å². The standard InChI is InChI=1S/C28H35N3O4/c32-24-9-8-22(25(33)30-24)31-16-21-20(26(31)34)6-5-7-23(21)35-11-4-2-1-3-10-29-27-14-18-12-17-13-19(15-27)28(17,18)27/h5-7,17-19,22,29H,1-4,8-16H2,(H,30,32,33). The van der Waals surface area contributed by atoms with E-state index in [0.717, 1.165) is 53.9 Å². The van der Waals surface area contributed by atoms with Gasteiger partial charge in [-0.1, -0.05) is 18.9 Å². The molecule has 2 aliphatic heterocycles. The summed E-state index contributed by atoms with van der Waals surface area (Å²) in [6.45, 7) is 2.14. The molecule has 7 heteroatoms. The van der Waals surface area contributed by atoms with Crippen molar-refractivity contribution in [2.24, 2.45) is 23.2 Å². The Kier molecular flexibility index (Phi) is 4.86. The van der Waals surface area contributed by atoms with Gasteiger partial charge in [-0.05, 0) is 86.8 Å². The van der Waals surface area contributed by atoms with E-state index in [-0.39, 0.29) is 24.1 Å². The van der Waals surface area contributed by atoms with Crippen molar-refractivity contribution in [2.75, 3.05) is 13.2 Å². The number of imide groups is 1. The number of unbranched alkanes of at least 4 members (excludes halogenated alkanes) is 3. The van der Waals surface area contributed by atoms with Crippen LogP contribution in [0, 0.1) is 23.2 Å². The van der Waals surface area contributed by atoms with Gasteiger partial charge in [-0.3, -0.25) is 19.7 Å². The van der Waals surface area contributed by atoms with Gasteiger partial charge in [0.15, 0.2) is 0 Å². The maximum absolute atomic E-state index is 12.9. The largest absolute Gasteiger partial charge is 0.493 e. The molecule has 35 heavy (non-hydrogen) atoms. The summed E-state index contributed by atoms with van der Waals surface area (Å²) in [4.78, 5) is 38.3. The van der Waals surface area contributed by atoms with Crippen LogP contribution in [0.25, 0.3) is 0 Å². The van der Waals surface area contributed by atoms with E-state index in [9.17, 15) is 14.4 Å². The Morgan fingerprint density at radius 1 is 1.03 bits per heavy atom. The first kappa shape index (κ1) is 21.8. The monoisotopic (exact) mass is 477 g/mol. The van der Waals surface area contributed by atoms with Gasteiger partial charge in [-0.25, -0.2) is 0 Å². The predicted molar refractivity (Wildman–Crippen MR) is 129 cm³/mol. The molecule has 2 N–H and O–H groups in total. The van der Waals surface area contributed by atoms with Gasteiger partial charge in [-0.2, -0.15) is 0 Å². The molecule has 6 aliphatic rings. The number of fused-ring (bicyclic) bond motifs is 1. The first-order valence-electron chi connectivity index (χ1n) is 13.7. The minimum Gasteiger partial charge on any atom is -0.493 e. The van der Waals surface area contributed by atoms with Gasteiger partial charge in [-0.15, -0.1) is 0 Å². The zero-order valence-electron chi connectivity index (χ0n) is 20.3. The molecule has 3 amide bonds. The van der Waals surface area contributed by atoms with Gasteiger partial charge < -0.3 is 15.0 Å². The molecule has 7 rings (SSSR count). The third-order valence-corrected chi connectivity index (χ3v) is 10.5. The van der Waals surface area contributed by atoms with E-state index < -0.39 is 6.04 Å². The average Bonchev–Trinajstić information content (AvgIpc) is 3.12. The molecule has 0 radical (unpaired) electrons. The van der Waals surface area contributed by atoms with Gasteiger partial charge in [0.2, 0.25) is 11.8 Å². The minimum absolute atomic E-state index is 0.155. The Morgan fingerprint density at radius 2 is 1.83 bits per heavy atom. The molecular formula is C28H35N3O4. The number of carbonyl (C=O) groups is 3. The number of amides is 3. The Morgan fingerprint density at radius 3 is 2.57 bits per heavy atom. The molecule has 3 atom stereocenters. The maximum Gasteiger partial charge on any atom is 0.255 e. The Hall–Kier alpha value is -2.41. The number of piperidine rings is 1. The predicted octanol–water partition coefficient (Wildman–Crippen LogP) is 3.17. The molecule has 0 bridgehead atoms. The van der Waals surface area contributed by atoms with Gasteiger partial charge >= 0.3 is 0 Å². The molecule has 2 heterocycles. The number of nitrogens with zero attached hydrogens (tertiary/aromatic N) is 1. The summed E-state index contributed by atoms with van der Waals surface area (Å²) in [5.74, 6) is 3.13. The molecule has 186 valence electrons. The summed E-state index contributed by atoms with van der Waals surface area (Å²) in [6.07, 6.45) is 11.1. The number of hydrogen-bond acceptors (Lipinski definition) is 5. The fourth-order valence-corrected chi connectivity index (χ4v) is 9.02. The van der Waals surface area contributed by atoms with Gasteiger partial charge in [0.1, 0.15) is 11.8 Å². The lowest BCUT2D eigenvalue weighted by molar-refractivity contribution is -0.397. The summed E-state index contributed by atoms with van der Waals surface area (Å²) in [5, 5.41) is 6.34. The number of carbonyl (C=O) groups excluding carboxylic acids is 3. The lowest BCUT2D eigenvalue weighted by Crippen LogP contribution is -2.92. The third-order valence-electron chi connectivity index (χ3n) is 10.5. The highest BCUT2D eigenvalue weighted by Gasteiger charge is 2.87. The molecule has 1 spiro atoms. The molecule has 1 aromatic rings. The van der Waals surface area contributed by atoms with E-state index in [1.165, 1.54) is 38.5 Å². The zero-order chi connectivity index (χ0) is 23.8. The van der Waals surface area contributed by atoms with E-state index >= 15 is 0 Å². The summed E-state index contributed by atoms with van der Waals surface area (Å²) in [6, 6.07) is 4.96. The number of rotatable bonds is 10. The smallest absolute Gasteiger partial charge is 0.255 e. The SMILES string of the molecule is O=C1CCC(N2Cc3c(OCCCCCCNC45CC6CC7CC(C4)C765)cccc3C2=O)C(=O)N1. The first-order chi connectivity index (χ1) is 17.0. The van der Waals surface area contributed by atoms with E-state index in [0.29, 0.717) is 30.7 Å². The lowest BCUT2D eigenvalue weighted by atomic mass is 9.15. The number of nitrogens with one attached hydrogen (secondary N) is 2. The second-order valence-corrected chi connectivity index (χ2v) is 11.9. The molecule has 4 aliphatic carbocycles. The third kappa shape index (κ3) is 2.90. The molecular weight excluding hydrogens is 442 g/mol. The Labute approximate surface area is 206 Å². The maximum atomic E-state index is 12.9. The van der Waals surface area contributed by atoms with Gasteiger partial charge in [0.25, 0.3) is 5.91 Å². The normalized spacial score (nSPS) is 37.7. The average molecular weight is 478 g/mol. The number of benzene rings is 1. The Balaban J connectivity index is 0.849. The second-order valence-electron chi connectivity index (χ2n) is 11.9. The highest BCUT2D eigenvalue weighted by molar-refractivity contribution is 6.05. The fourth-order valence-electron chi connectivity index (χ4n) is 9.02. The van der Waals surface area contributed by atoms with E-state index in [1.54, 1.807) is 11.0 Å². The molecule has 0 aromatic heterocycles. The van der Waals surface area contributed by atoms with Crippen molar-refractivity contribution in [3.05, 3.63) is 29.3 Å². The summed E-state index contributed by atoms with van der Waals surface area (Å²) >= 11 is 0. The minimum atomic E-state index is -0.593. The summed E-state index contributed by atoms with van der Waals surface area (Å²) < 4.78 is 6.09. The van der Waals surface area contributed by atoms with Gasteiger partial charge in [0, 0.05) is 23.1 Å². The highest BCUT2D eigenvalue weighted by Crippen LogP contribution is 2.89. The van der Waals surface area contributed by atoms with Crippen LogP contribution in [0.2, 0.25) is 0 Å². The number of hydrogen-bond donors (Lipinski definition) is 2. The topological polar surface area (TPSA) is 87.7 Å². The van der Waals surface area contributed by atoms with Crippen molar-refractivity contribution in [3.8, 4) is 5.75 Å². The molecule has 1 aromatic carbocycles. The van der Waals surface area contributed by atoms with Crippen LogP contribution in [0.4, 0.5) is 0 Å². The van der Waals surface area contributed by atoms with Gasteiger partial charge in [0.05, 0.1) is 13.2 Å². The van der Waals surface area contributed by atoms with Crippen LogP contribution in [0.3, 0.4) is 0 Å². The van der Waals surface area contributed by atoms with Crippen molar-refractivity contribution >= 4 is 17.7 Å². The Bertz CT molecular complexity index is 1070. The van der Waals surface area contributed by atoms with Crippen LogP contribution >= 0.6 is 0 Å². The van der Waals surface area contributed by atoms with E-state index in [2.05, 4.69) is 10.6 Å². The van der Waals surface area contributed by atoms with Crippen LogP contribution in [0.1, 0.15) is 80.1 Å². The first-order valence-corrected chi connectivity index (χ1v) is 13.7. The van der Waals surface area contributed by atoms with Crippen LogP contribution in [0.15, 0.2) is 18.2 Å². The molecule has 1 saturated heterocycles. The fraction of sp³-hybridized carbons (Fsp3) is 0.679. The summed E-state index contributed by atoms with van der Waals surface area (Å²) in [5.41, 5.74) is 2.77. The van der Waals surface area contributed by atoms with E-state index in [4.69, 9.17) is 4.74 Å². The molecule has 7 nitrogen and oxygen atoms in total. The molecule has 4 saturated carbocycles. The lowest BCUT2D eigenvalue weighted by Gasteiger charge is -2.91. The van der Waals surface area contributed by atoms with Crippen molar-refractivity contribution in [1.82, 2.24) is 15.5 Å².